The molecule has 1 saturated carbocycles. The number of pyridine rings is 1. The number of amides is 1. The van der Waals surface area contributed by atoms with E-state index >= 15 is 0 Å². The second-order valence-corrected chi connectivity index (χ2v) is 6.40. The molecule has 0 aromatic carbocycles. The SMILES string of the molecule is CCNc1ccc(Cl)c(C(=O)NC2CCC(C)C(C)C2)n1. The molecule has 1 heterocycles. The maximum Gasteiger partial charge on any atom is 0.271 e. The molecule has 21 heavy (non-hydrogen) atoms. The van der Waals surface area contributed by atoms with Gasteiger partial charge in [0.1, 0.15) is 11.5 Å². The van der Waals surface area contributed by atoms with Crippen LogP contribution in [0.1, 0.15) is 50.5 Å². The number of aromatic nitrogens is 1. The van der Waals surface area contributed by atoms with Crippen molar-refractivity contribution in [3.05, 3.63) is 22.8 Å². The first-order valence-corrected chi connectivity index (χ1v) is 8.10. The van der Waals surface area contributed by atoms with Gasteiger partial charge in [0.05, 0.1) is 5.02 Å². The molecule has 0 saturated heterocycles. The molecule has 0 spiro atoms. The molecule has 3 unspecified atom stereocenters. The summed E-state index contributed by atoms with van der Waals surface area (Å²) in [5, 5.41) is 6.57. The number of nitrogens with zero attached hydrogens (tertiary/aromatic N) is 1. The van der Waals surface area contributed by atoms with Crippen molar-refractivity contribution >= 4 is 23.3 Å². The summed E-state index contributed by atoms with van der Waals surface area (Å²) in [6.07, 6.45) is 3.21. The lowest BCUT2D eigenvalue weighted by atomic mass is 9.79. The van der Waals surface area contributed by atoms with Crippen molar-refractivity contribution in [2.75, 3.05) is 11.9 Å². The molecule has 0 aliphatic heterocycles. The highest BCUT2D eigenvalue weighted by atomic mass is 35.5. The number of nitrogens with one attached hydrogen (secondary N) is 2. The van der Waals surface area contributed by atoms with E-state index in [9.17, 15) is 4.79 Å². The predicted molar refractivity (Wildman–Crippen MR) is 86.8 cm³/mol. The van der Waals surface area contributed by atoms with Gasteiger partial charge in [-0.3, -0.25) is 4.79 Å². The largest absolute Gasteiger partial charge is 0.370 e. The molecular formula is C16H24ClN3O. The lowest BCUT2D eigenvalue weighted by molar-refractivity contribution is 0.0906. The molecule has 4 nitrogen and oxygen atoms in total. The van der Waals surface area contributed by atoms with Gasteiger partial charge in [-0.2, -0.15) is 0 Å². The minimum Gasteiger partial charge on any atom is -0.370 e. The van der Waals surface area contributed by atoms with Crippen LogP contribution in [-0.2, 0) is 0 Å². The summed E-state index contributed by atoms with van der Waals surface area (Å²) in [5.74, 6) is 1.88. The third kappa shape index (κ3) is 4.10. The van der Waals surface area contributed by atoms with Crippen LogP contribution >= 0.6 is 11.6 Å². The highest BCUT2D eigenvalue weighted by Gasteiger charge is 2.26. The van der Waals surface area contributed by atoms with Crippen LogP contribution < -0.4 is 10.6 Å². The summed E-state index contributed by atoms with van der Waals surface area (Å²) in [4.78, 5) is 16.7. The van der Waals surface area contributed by atoms with Gasteiger partial charge >= 0.3 is 0 Å². The number of carbonyl (C=O) groups excluding carboxylic acids is 1. The highest BCUT2D eigenvalue weighted by Crippen LogP contribution is 2.29. The molecule has 5 heteroatoms. The summed E-state index contributed by atoms with van der Waals surface area (Å²) in [7, 11) is 0. The Morgan fingerprint density at radius 3 is 2.76 bits per heavy atom. The van der Waals surface area contributed by atoms with Gasteiger partial charge in [-0.15, -0.1) is 0 Å². The van der Waals surface area contributed by atoms with E-state index in [1.165, 1.54) is 0 Å². The number of halogens is 1. The van der Waals surface area contributed by atoms with Crippen LogP contribution in [0.4, 0.5) is 5.82 Å². The van der Waals surface area contributed by atoms with Crippen LogP contribution in [-0.4, -0.2) is 23.5 Å². The van der Waals surface area contributed by atoms with E-state index < -0.39 is 0 Å². The zero-order valence-corrected chi connectivity index (χ0v) is 13.7. The Hall–Kier alpha value is -1.29. The van der Waals surface area contributed by atoms with Gasteiger partial charge in [0, 0.05) is 12.6 Å². The monoisotopic (exact) mass is 309 g/mol. The van der Waals surface area contributed by atoms with Crippen molar-refractivity contribution in [2.24, 2.45) is 11.8 Å². The Labute approximate surface area is 131 Å². The summed E-state index contributed by atoms with van der Waals surface area (Å²) < 4.78 is 0. The first-order chi connectivity index (χ1) is 10.0. The average Bonchev–Trinajstić information content (AvgIpc) is 2.45. The van der Waals surface area contributed by atoms with Crippen molar-refractivity contribution in [3.63, 3.8) is 0 Å². The molecule has 1 fully saturated rings. The number of carbonyl (C=O) groups is 1. The maximum absolute atomic E-state index is 12.4. The fourth-order valence-corrected chi connectivity index (χ4v) is 3.00. The third-order valence-electron chi connectivity index (χ3n) is 4.35. The second-order valence-electron chi connectivity index (χ2n) is 6.00. The van der Waals surface area contributed by atoms with Crippen LogP contribution in [0, 0.1) is 11.8 Å². The molecule has 1 aromatic rings. The molecular weight excluding hydrogens is 286 g/mol. The third-order valence-corrected chi connectivity index (χ3v) is 4.66. The first-order valence-electron chi connectivity index (χ1n) is 7.72. The van der Waals surface area contributed by atoms with E-state index in [2.05, 4.69) is 29.5 Å². The van der Waals surface area contributed by atoms with Gasteiger partial charge in [-0.1, -0.05) is 25.4 Å². The molecule has 0 radical (unpaired) electrons. The van der Waals surface area contributed by atoms with Crippen LogP contribution in [0.5, 0.6) is 0 Å². The van der Waals surface area contributed by atoms with Crippen molar-refractivity contribution in [1.82, 2.24) is 10.3 Å². The van der Waals surface area contributed by atoms with Crippen molar-refractivity contribution in [3.8, 4) is 0 Å². The van der Waals surface area contributed by atoms with E-state index in [0.29, 0.717) is 22.5 Å². The molecule has 116 valence electrons. The summed E-state index contributed by atoms with van der Waals surface area (Å²) >= 11 is 6.11. The minimum absolute atomic E-state index is 0.175. The average molecular weight is 310 g/mol. The van der Waals surface area contributed by atoms with E-state index in [4.69, 9.17) is 11.6 Å². The van der Waals surface area contributed by atoms with Gasteiger partial charge < -0.3 is 10.6 Å². The molecule has 0 bridgehead atoms. The molecule has 1 aromatic heterocycles. The van der Waals surface area contributed by atoms with E-state index in [1.54, 1.807) is 12.1 Å². The lowest BCUT2D eigenvalue weighted by Crippen LogP contribution is -2.40. The molecule has 1 amide bonds. The quantitative estimate of drug-likeness (QED) is 0.891. The lowest BCUT2D eigenvalue weighted by Gasteiger charge is -2.32. The molecule has 1 aliphatic carbocycles. The smallest absolute Gasteiger partial charge is 0.271 e. The number of rotatable bonds is 4. The van der Waals surface area contributed by atoms with Crippen LogP contribution in [0.2, 0.25) is 5.02 Å². The van der Waals surface area contributed by atoms with Gasteiger partial charge in [0.15, 0.2) is 0 Å². The van der Waals surface area contributed by atoms with Crippen molar-refractivity contribution in [2.45, 2.75) is 46.1 Å². The maximum atomic E-state index is 12.4. The standard InChI is InChI=1S/C16H24ClN3O/c1-4-18-14-8-7-13(17)15(20-14)16(21)19-12-6-5-10(2)11(3)9-12/h7-8,10-12H,4-6,9H2,1-3H3,(H,18,20)(H,19,21). The Balaban J connectivity index is 2.04. The molecule has 2 rings (SSSR count). The molecule has 2 N–H and O–H groups in total. The second kappa shape index (κ2) is 7.12. The fourth-order valence-electron chi connectivity index (χ4n) is 2.81. The summed E-state index contributed by atoms with van der Waals surface area (Å²) in [6, 6.07) is 3.73. The number of hydrogen-bond acceptors (Lipinski definition) is 3. The Morgan fingerprint density at radius 2 is 2.10 bits per heavy atom. The van der Waals surface area contributed by atoms with E-state index in [1.807, 2.05) is 6.92 Å². The van der Waals surface area contributed by atoms with E-state index in [-0.39, 0.29) is 11.9 Å². The predicted octanol–water partition coefficient (Wildman–Crippen LogP) is 3.72. The van der Waals surface area contributed by atoms with Gasteiger partial charge in [-0.05, 0) is 50.2 Å². The van der Waals surface area contributed by atoms with E-state index in [0.717, 1.165) is 31.7 Å². The topological polar surface area (TPSA) is 54.0 Å². The van der Waals surface area contributed by atoms with Crippen molar-refractivity contribution in [1.29, 1.82) is 0 Å². The minimum atomic E-state index is -0.175. The van der Waals surface area contributed by atoms with Gasteiger partial charge in [0.25, 0.3) is 5.91 Å². The molecule has 1 aliphatic rings. The Morgan fingerprint density at radius 1 is 1.33 bits per heavy atom. The van der Waals surface area contributed by atoms with Gasteiger partial charge in [-0.25, -0.2) is 4.98 Å². The normalized spacial score (nSPS) is 25.4. The summed E-state index contributed by atoms with van der Waals surface area (Å²) in [6.45, 7) is 7.27. The van der Waals surface area contributed by atoms with Crippen LogP contribution in [0.3, 0.4) is 0 Å². The number of hydrogen-bond donors (Lipinski definition) is 2. The molecule has 3 atom stereocenters. The summed E-state index contributed by atoms with van der Waals surface area (Å²) in [5.41, 5.74) is 0.307. The zero-order valence-electron chi connectivity index (χ0n) is 12.9. The van der Waals surface area contributed by atoms with Gasteiger partial charge in [0.2, 0.25) is 0 Å². The fraction of sp³-hybridized carbons (Fsp3) is 0.625. The Bertz CT molecular complexity index is 506. The van der Waals surface area contributed by atoms with Crippen LogP contribution in [0.15, 0.2) is 12.1 Å². The number of anilines is 1. The highest BCUT2D eigenvalue weighted by molar-refractivity contribution is 6.33. The van der Waals surface area contributed by atoms with Crippen LogP contribution in [0.25, 0.3) is 0 Å². The van der Waals surface area contributed by atoms with Crippen molar-refractivity contribution < 1.29 is 4.79 Å². The first kappa shape index (κ1) is 16.1. The Kier molecular flexibility index (Phi) is 5.45. The zero-order chi connectivity index (χ0) is 15.4.